The van der Waals surface area contributed by atoms with Crippen molar-refractivity contribution in [2.45, 2.75) is 37.4 Å². The Kier molecular flexibility index (Phi) is 6.10. The Morgan fingerprint density at radius 3 is 2.76 bits per heavy atom. The summed E-state index contributed by atoms with van der Waals surface area (Å²) in [5.74, 6) is 1.77. The average molecular weight is 279 g/mol. The lowest BCUT2D eigenvalue weighted by Crippen LogP contribution is -2.42. The summed E-state index contributed by atoms with van der Waals surface area (Å²) in [5.41, 5.74) is 0. The van der Waals surface area contributed by atoms with Crippen molar-refractivity contribution in [1.29, 1.82) is 0 Å². The van der Waals surface area contributed by atoms with Crippen LogP contribution in [0.5, 0.6) is 0 Å². The van der Waals surface area contributed by atoms with Crippen LogP contribution in [0.25, 0.3) is 0 Å². The van der Waals surface area contributed by atoms with Gasteiger partial charge < -0.3 is 10.6 Å². The molecule has 3 nitrogen and oxygen atoms in total. The fraction of sp³-hybridized carbons (Fsp3) is 0.917. The Morgan fingerprint density at radius 1 is 1.47 bits per heavy atom. The van der Waals surface area contributed by atoms with Crippen molar-refractivity contribution in [2.24, 2.45) is 5.92 Å². The number of hydrogen-bond donors (Lipinski definition) is 2. The van der Waals surface area contributed by atoms with E-state index in [0.717, 1.165) is 32.5 Å². The van der Waals surface area contributed by atoms with Crippen LogP contribution in [0.2, 0.25) is 0 Å². The van der Waals surface area contributed by atoms with Crippen LogP contribution in [-0.4, -0.2) is 36.0 Å². The molecule has 0 radical (unpaired) electrons. The highest BCUT2D eigenvalue weighted by Gasteiger charge is 2.30. The predicted octanol–water partition coefficient (Wildman–Crippen LogP) is 1.81. The molecular weight excluding hydrogens is 256 g/mol. The lowest BCUT2D eigenvalue weighted by molar-refractivity contribution is -0.125. The van der Waals surface area contributed by atoms with E-state index in [9.17, 15) is 4.79 Å². The zero-order valence-electron chi connectivity index (χ0n) is 10.5. The van der Waals surface area contributed by atoms with Gasteiger partial charge in [0.1, 0.15) is 0 Å². The molecule has 17 heavy (non-hydrogen) atoms. The molecule has 0 saturated carbocycles. The minimum absolute atomic E-state index is 0. The number of amides is 1. The van der Waals surface area contributed by atoms with Gasteiger partial charge in [0.2, 0.25) is 5.91 Å². The molecule has 2 saturated heterocycles. The van der Waals surface area contributed by atoms with Gasteiger partial charge in [-0.2, -0.15) is 11.8 Å². The summed E-state index contributed by atoms with van der Waals surface area (Å²) >= 11 is 2.01. The Balaban J connectivity index is 0.00000144. The monoisotopic (exact) mass is 278 g/mol. The lowest BCUT2D eigenvalue weighted by Gasteiger charge is -2.26. The molecule has 100 valence electrons. The number of piperidine rings is 1. The smallest absolute Gasteiger partial charge is 0.223 e. The number of carbonyl (C=O) groups excluding carboxylic acids is 1. The molecule has 2 heterocycles. The molecular formula is C12H23ClN2OS. The number of nitrogens with one attached hydrogen (secondary N) is 2. The fourth-order valence-electron chi connectivity index (χ4n) is 2.48. The molecule has 0 aromatic carbocycles. The summed E-state index contributed by atoms with van der Waals surface area (Å²) in [6.45, 7) is 5.10. The molecule has 0 aromatic heterocycles. The molecule has 1 amide bonds. The maximum atomic E-state index is 11.9. The van der Waals surface area contributed by atoms with Crippen molar-refractivity contribution in [3.05, 3.63) is 0 Å². The lowest BCUT2D eigenvalue weighted by atomic mass is 9.97. The summed E-state index contributed by atoms with van der Waals surface area (Å²) in [6.07, 6.45) is 4.53. The number of halogens is 1. The SMILES string of the molecule is CC1(CNC(=O)C2CCNCC2)CCCS1.Cl. The van der Waals surface area contributed by atoms with Gasteiger partial charge in [-0.1, -0.05) is 0 Å². The molecule has 5 heteroatoms. The van der Waals surface area contributed by atoms with Crippen LogP contribution >= 0.6 is 24.2 Å². The Hall–Kier alpha value is 0.0700. The van der Waals surface area contributed by atoms with Crippen LogP contribution in [-0.2, 0) is 4.79 Å². The van der Waals surface area contributed by atoms with Gasteiger partial charge in [-0.15, -0.1) is 12.4 Å². The molecule has 0 aromatic rings. The van der Waals surface area contributed by atoms with E-state index in [1.54, 1.807) is 0 Å². The summed E-state index contributed by atoms with van der Waals surface area (Å²) in [4.78, 5) is 11.9. The van der Waals surface area contributed by atoms with Gasteiger partial charge in [-0.05, 0) is 51.4 Å². The van der Waals surface area contributed by atoms with Crippen LogP contribution < -0.4 is 10.6 Å². The normalized spacial score (nSPS) is 29.7. The van der Waals surface area contributed by atoms with E-state index in [1.807, 2.05) is 11.8 Å². The van der Waals surface area contributed by atoms with Crippen molar-refractivity contribution in [1.82, 2.24) is 10.6 Å². The van der Waals surface area contributed by atoms with Gasteiger partial charge in [-0.3, -0.25) is 4.79 Å². The first-order valence-corrected chi connectivity index (χ1v) is 7.31. The van der Waals surface area contributed by atoms with E-state index in [-0.39, 0.29) is 24.2 Å². The first kappa shape index (κ1) is 15.1. The van der Waals surface area contributed by atoms with E-state index in [2.05, 4.69) is 17.6 Å². The maximum absolute atomic E-state index is 11.9. The average Bonchev–Trinajstić information content (AvgIpc) is 2.75. The minimum atomic E-state index is 0. The molecule has 2 aliphatic rings. The maximum Gasteiger partial charge on any atom is 0.223 e. The third-order valence-electron chi connectivity index (χ3n) is 3.65. The third kappa shape index (κ3) is 4.34. The van der Waals surface area contributed by atoms with Crippen molar-refractivity contribution < 1.29 is 4.79 Å². The number of thioether (sulfide) groups is 1. The van der Waals surface area contributed by atoms with E-state index in [0.29, 0.717) is 4.75 Å². The van der Waals surface area contributed by atoms with Crippen LogP contribution in [0.1, 0.15) is 32.6 Å². The van der Waals surface area contributed by atoms with Crippen molar-refractivity contribution in [2.75, 3.05) is 25.4 Å². The molecule has 2 rings (SSSR count). The molecule has 0 spiro atoms. The van der Waals surface area contributed by atoms with Crippen LogP contribution in [0.3, 0.4) is 0 Å². The van der Waals surface area contributed by atoms with Crippen molar-refractivity contribution in [3.8, 4) is 0 Å². The number of carbonyl (C=O) groups is 1. The Morgan fingerprint density at radius 2 is 2.18 bits per heavy atom. The largest absolute Gasteiger partial charge is 0.354 e. The third-order valence-corrected chi connectivity index (χ3v) is 5.19. The zero-order chi connectivity index (χ0) is 11.4. The van der Waals surface area contributed by atoms with Crippen LogP contribution in [0.4, 0.5) is 0 Å². The second-order valence-electron chi connectivity index (χ2n) is 5.14. The molecule has 0 bridgehead atoms. The number of hydrogen-bond acceptors (Lipinski definition) is 3. The highest BCUT2D eigenvalue weighted by atomic mass is 35.5. The van der Waals surface area contributed by atoms with Gasteiger partial charge in [0.25, 0.3) is 0 Å². The molecule has 1 atom stereocenters. The second kappa shape index (κ2) is 6.86. The zero-order valence-corrected chi connectivity index (χ0v) is 12.1. The van der Waals surface area contributed by atoms with Gasteiger partial charge in [-0.25, -0.2) is 0 Å². The minimum Gasteiger partial charge on any atom is -0.354 e. The van der Waals surface area contributed by atoms with Crippen LogP contribution in [0, 0.1) is 5.92 Å². The van der Waals surface area contributed by atoms with E-state index >= 15 is 0 Å². The van der Waals surface area contributed by atoms with E-state index in [4.69, 9.17) is 0 Å². The summed E-state index contributed by atoms with van der Waals surface area (Å²) in [7, 11) is 0. The molecule has 2 N–H and O–H groups in total. The second-order valence-corrected chi connectivity index (χ2v) is 6.83. The van der Waals surface area contributed by atoms with Gasteiger partial charge in [0.05, 0.1) is 0 Å². The number of rotatable bonds is 3. The fourth-order valence-corrected chi connectivity index (χ4v) is 3.72. The quantitative estimate of drug-likeness (QED) is 0.827. The van der Waals surface area contributed by atoms with E-state index < -0.39 is 0 Å². The topological polar surface area (TPSA) is 41.1 Å². The summed E-state index contributed by atoms with van der Waals surface area (Å²) < 4.78 is 0.294. The summed E-state index contributed by atoms with van der Waals surface area (Å²) in [6, 6.07) is 0. The molecule has 2 aliphatic heterocycles. The van der Waals surface area contributed by atoms with Crippen molar-refractivity contribution >= 4 is 30.1 Å². The molecule has 2 fully saturated rings. The first-order valence-electron chi connectivity index (χ1n) is 6.32. The van der Waals surface area contributed by atoms with Gasteiger partial charge >= 0.3 is 0 Å². The highest BCUT2D eigenvalue weighted by Crippen LogP contribution is 2.37. The summed E-state index contributed by atoms with van der Waals surface area (Å²) in [5, 5.41) is 6.44. The van der Waals surface area contributed by atoms with Crippen LogP contribution in [0.15, 0.2) is 0 Å². The Labute approximate surface area is 114 Å². The first-order chi connectivity index (χ1) is 7.70. The Bertz CT molecular complexity index is 251. The predicted molar refractivity (Wildman–Crippen MR) is 75.9 cm³/mol. The van der Waals surface area contributed by atoms with E-state index in [1.165, 1.54) is 18.6 Å². The molecule has 0 aliphatic carbocycles. The standard InChI is InChI=1S/C12H22N2OS.ClH/c1-12(5-2-8-16-12)9-14-11(15)10-3-6-13-7-4-10;/h10,13H,2-9H2,1H3,(H,14,15);1H. The highest BCUT2D eigenvalue weighted by molar-refractivity contribution is 8.00. The molecule has 1 unspecified atom stereocenters. The van der Waals surface area contributed by atoms with Gasteiger partial charge in [0.15, 0.2) is 0 Å². The van der Waals surface area contributed by atoms with Gasteiger partial charge in [0, 0.05) is 17.2 Å². The van der Waals surface area contributed by atoms with Crippen molar-refractivity contribution in [3.63, 3.8) is 0 Å².